The topological polar surface area (TPSA) is 78.9 Å². The van der Waals surface area contributed by atoms with Crippen molar-refractivity contribution in [1.82, 2.24) is 0 Å². The molecule has 0 aromatic heterocycles. The Bertz CT molecular complexity index is 1320. The van der Waals surface area contributed by atoms with Crippen molar-refractivity contribution in [2.45, 2.75) is 431 Å². The molecule has 0 aromatic rings. The van der Waals surface area contributed by atoms with Crippen molar-refractivity contribution in [3.05, 3.63) is 24.3 Å². The summed E-state index contributed by atoms with van der Waals surface area (Å²) in [5, 5.41) is 0. The first-order chi connectivity index (χ1) is 40.5. The van der Waals surface area contributed by atoms with Gasteiger partial charge in [0.05, 0.1) is 0 Å². The first-order valence-corrected chi connectivity index (χ1v) is 37.3. The summed E-state index contributed by atoms with van der Waals surface area (Å²) in [5.74, 6) is -0.850. The smallest absolute Gasteiger partial charge is 0.306 e. The molecule has 0 saturated heterocycles. The molecule has 0 fully saturated rings. The zero-order valence-corrected chi connectivity index (χ0v) is 55.8. The van der Waals surface area contributed by atoms with Crippen LogP contribution in [0, 0.1) is 0 Å². The number of allylic oxidation sites excluding steroid dienone is 4. The SMILES string of the molecule is CCCCC/C=C\CCCCCCCC(=O)OCC(COC(=O)CCCCCCCCCCCCCCCCCCCCCCCCCCCCCCCCC)OC(=O)CCCCCCCCCCC/C=C\CCCCCCCCCC. The van der Waals surface area contributed by atoms with Gasteiger partial charge >= 0.3 is 17.9 Å². The van der Waals surface area contributed by atoms with Crippen molar-refractivity contribution in [1.29, 1.82) is 0 Å². The van der Waals surface area contributed by atoms with E-state index in [0.29, 0.717) is 19.3 Å². The van der Waals surface area contributed by atoms with Crippen molar-refractivity contribution in [3.8, 4) is 0 Å². The molecule has 0 amide bonds. The minimum absolute atomic E-state index is 0.0693. The van der Waals surface area contributed by atoms with E-state index >= 15 is 0 Å². The molecule has 0 saturated carbocycles. The fourth-order valence-corrected chi connectivity index (χ4v) is 11.6. The average Bonchev–Trinajstić information content (AvgIpc) is 3.47. The summed E-state index contributed by atoms with van der Waals surface area (Å²) < 4.78 is 17.0. The molecule has 82 heavy (non-hydrogen) atoms. The molecule has 1 unspecified atom stereocenters. The van der Waals surface area contributed by atoms with Gasteiger partial charge in [0.2, 0.25) is 0 Å². The van der Waals surface area contributed by atoms with Crippen LogP contribution >= 0.6 is 0 Å². The zero-order chi connectivity index (χ0) is 59.2. The van der Waals surface area contributed by atoms with E-state index in [0.717, 1.165) is 64.2 Å². The molecule has 0 radical (unpaired) electrons. The number of esters is 3. The van der Waals surface area contributed by atoms with Crippen LogP contribution in [-0.4, -0.2) is 37.2 Å². The van der Waals surface area contributed by atoms with Crippen LogP contribution in [0.1, 0.15) is 425 Å². The van der Waals surface area contributed by atoms with Crippen molar-refractivity contribution in [2.24, 2.45) is 0 Å². The predicted octanol–water partition coefficient (Wildman–Crippen LogP) is 25.7. The Hall–Kier alpha value is -2.11. The molecular formula is C76H144O6. The predicted molar refractivity (Wildman–Crippen MR) is 358 cm³/mol. The van der Waals surface area contributed by atoms with Crippen molar-refractivity contribution in [2.75, 3.05) is 13.2 Å². The lowest BCUT2D eigenvalue weighted by atomic mass is 10.0. The van der Waals surface area contributed by atoms with E-state index in [9.17, 15) is 14.4 Å². The Morgan fingerprint density at radius 2 is 0.402 bits per heavy atom. The minimum Gasteiger partial charge on any atom is -0.462 e. The number of unbranched alkanes of at least 4 members (excludes halogenated alkanes) is 55. The second-order valence-corrected chi connectivity index (χ2v) is 25.6. The third-order valence-corrected chi connectivity index (χ3v) is 17.2. The summed E-state index contributed by atoms with van der Waals surface area (Å²) in [6.07, 6.45) is 88.1. The average molecular weight is 1150 g/mol. The van der Waals surface area contributed by atoms with Crippen LogP contribution in [0.15, 0.2) is 24.3 Å². The molecule has 0 bridgehead atoms. The van der Waals surface area contributed by atoms with Gasteiger partial charge < -0.3 is 14.2 Å². The van der Waals surface area contributed by atoms with Gasteiger partial charge in [-0.3, -0.25) is 14.4 Å². The Labute approximate surface area is 513 Å². The largest absolute Gasteiger partial charge is 0.462 e. The summed E-state index contributed by atoms with van der Waals surface area (Å²) in [6.45, 7) is 6.69. The standard InChI is InChI=1S/C76H144O6/c1-4-7-10-13-16-19-22-25-27-29-31-33-34-35-36-37-38-39-40-41-42-44-45-47-49-51-54-57-60-63-66-69-75(78)81-72-73(71-80-74(77)68-65-62-59-56-53-24-21-18-15-12-9-6-3)82-76(79)70-67-64-61-58-55-52-50-48-46-43-32-30-28-26-23-20-17-14-11-8-5-2/h18,21,30,32,73H,4-17,19-20,22-29,31,33-72H2,1-3H3/b21-18-,32-30-. The number of ether oxygens (including phenoxy) is 3. The number of hydrogen-bond donors (Lipinski definition) is 0. The molecule has 0 heterocycles. The van der Waals surface area contributed by atoms with Gasteiger partial charge in [0.1, 0.15) is 13.2 Å². The number of hydrogen-bond acceptors (Lipinski definition) is 6. The second-order valence-electron chi connectivity index (χ2n) is 25.6. The summed E-state index contributed by atoms with van der Waals surface area (Å²) in [4.78, 5) is 38.4. The van der Waals surface area contributed by atoms with Gasteiger partial charge in [0.15, 0.2) is 6.10 Å². The molecule has 0 spiro atoms. The highest BCUT2D eigenvalue weighted by atomic mass is 16.6. The van der Waals surface area contributed by atoms with E-state index in [1.54, 1.807) is 0 Å². The number of carbonyl (C=O) groups excluding carboxylic acids is 3. The van der Waals surface area contributed by atoms with Crippen LogP contribution in [0.3, 0.4) is 0 Å². The van der Waals surface area contributed by atoms with Crippen LogP contribution in [-0.2, 0) is 28.6 Å². The van der Waals surface area contributed by atoms with E-state index in [1.807, 2.05) is 0 Å². The first-order valence-electron chi connectivity index (χ1n) is 37.3. The third kappa shape index (κ3) is 68.7. The van der Waals surface area contributed by atoms with E-state index < -0.39 is 6.10 Å². The van der Waals surface area contributed by atoms with Crippen molar-refractivity contribution in [3.63, 3.8) is 0 Å². The van der Waals surface area contributed by atoms with Crippen LogP contribution < -0.4 is 0 Å². The monoisotopic (exact) mass is 1150 g/mol. The van der Waals surface area contributed by atoms with Gasteiger partial charge in [-0.2, -0.15) is 0 Å². The van der Waals surface area contributed by atoms with Gasteiger partial charge in [0.25, 0.3) is 0 Å². The summed E-state index contributed by atoms with van der Waals surface area (Å²) in [7, 11) is 0. The Kier molecular flexibility index (Phi) is 69.5. The van der Waals surface area contributed by atoms with Gasteiger partial charge in [-0.1, -0.05) is 360 Å². The summed E-state index contributed by atoms with van der Waals surface area (Å²) >= 11 is 0. The lowest BCUT2D eigenvalue weighted by Gasteiger charge is -2.18. The lowest BCUT2D eigenvalue weighted by Crippen LogP contribution is -2.30. The maximum Gasteiger partial charge on any atom is 0.306 e. The molecule has 1 atom stereocenters. The maximum atomic E-state index is 12.9. The molecule has 6 nitrogen and oxygen atoms in total. The van der Waals surface area contributed by atoms with Crippen molar-refractivity contribution < 1.29 is 28.6 Å². The zero-order valence-electron chi connectivity index (χ0n) is 55.8. The fraction of sp³-hybridized carbons (Fsp3) is 0.908. The normalized spacial score (nSPS) is 12.1. The van der Waals surface area contributed by atoms with Gasteiger partial charge in [-0.15, -0.1) is 0 Å². The molecule has 0 rings (SSSR count). The van der Waals surface area contributed by atoms with Crippen LogP contribution in [0.5, 0.6) is 0 Å². The van der Waals surface area contributed by atoms with Crippen LogP contribution in [0.2, 0.25) is 0 Å². The quantitative estimate of drug-likeness (QED) is 0.0261. The molecule has 484 valence electrons. The highest BCUT2D eigenvalue weighted by Crippen LogP contribution is 2.19. The van der Waals surface area contributed by atoms with Crippen LogP contribution in [0.25, 0.3) is 0 Å². The van der Waals surface area contributed by atoms with Crippen LogP contribution in [0.4, 0.5) is 0 Å². The molecule has 0 N–H and O–H groups in total. The van der Waals surface area contributed by atoms with Gasteiger partial charge in [-0.25, -0.2) is 0 Å². The van der Waals surface area contributed by atoms with E-state index in [-0.39, 0.29) is 31.1 Å². The fourth-order valence-electron chi connectivity index (χ4n) is 11.6. The Balaban J connectivity index is 4.12. The maximum absolute atomic E-state index is 12.9. The molecule has 0 aromatic carbocycles. The van der Waals surface area contributed by atoms with Gasteiger partial charge in [0, 0.05) is 19.3 Å². The highest BCUT2D eigenvalue weighted by Gasteiger charge is 2.20. The Morgan fingerprint density at radius 3 is 0.634 bits per heavy atom. The second kappa shape index (κ2) is 71.4. The summed E-state index contributed by atoms with van der Waals surface area (Å²) in [5.41, 5.74) is 0. The molecule has 0 aliphatic rings. The highest BCUT2D eigenvalue weighted by molar-refractivity contribution is 5.71. The van der Waals surface area contributed by atoms with Gasteiger partial charge in [-0.05, 0) is 70.6 Å². The lowest BCUT2D eigenvalue weighted by molar-refractivity contribution is -0.167. The third-order valence-electron chi connectivity index (χ3n) is 17.2. The molecule has 6 heteroatoms. The first kappa shape index (κ1) is 79.9. The molecular weight excluding hydrogens is 1010 g/mol. The molecule has 0 aliphatic carbocycles. The summed E-state index contributed by atoms with van der Waals surface area (Å²) in [6, 6.07) is 0. The van der Waals surface area contributed by atoms with E-state index in [2.05, 4.69) is 45.1 Å². The van der Waals surface area contributed by atoms with E-state index in [4.69, 9.17) is 14.2 Å². The van der Waals surface area contributed by atoms with Crippen molar-refractivity contribution >= 4 is 17.9 Å². The number of carbonyl (C=O) groups is 3. The van der Waals surface area contributed by atoms with E-state index in [1.165, 1.54) is 321 Å². The molecule has 0 aliphatic heterocycles. The Morgan fingerprint density at radius 1 is 0.232 bits per heavy atom. The minimum atomic E-state index is -0.774. The number of rotatable bonds is 70.